The van der Waals surface area contributed by atoms with E-state index in [9.17, 15) is 9.90 Å². The van der Waals surface area contributed by atoms with Gasteiger partial charge in [0.25, 0.3) is 0 Å². The van der Waals surface area contributed by atoms with Crippen LogP contribution >= 0.6 is 11.8 Å². The van der Waals surface area contributed by atoms with Gasteiger partial charge in [-0.05, 0) is 12.0 Å². The Morgan fingerprint density at radius 2 is 2.06 bits per heavy atom. The molecular formula is C13H12N2O2S. The van der Waals surface area contributed by atoms with E-state index in [1.807, 2.05) is 30.3 Å². The maximum absolute atomic E-state index is 11.2. The number of thioether (sulfide) groups is 1. The van der Waals surface area contributed by atoms with Crippen molar-refractivity contribution in [1.82, 2.24) is 9.97 Å². The van der Waals surface area contributed by atoms with Crippen molar-refractivity contribution < 1.29 is 9.90 Å². The Balaban J connectivity index is 2.08. The van der Waals surface area contributed by atoms with Gasteiger partial charge < -0.3 is 5.11 Å². The summed E-state index contributed by atoms with van der Waals surface area (Å²) in [5.41, 5.74) is 1.00. The summed E-state index contributed by atoms with van der Waals surface area (Å²) in [5.74, 6) is -0.838. The number of hydrogen-bond donors (Lipinski definition) is 1. The van der Waals surface area contributed by atoms with Crippen LogP contribution in [0.2, 0.25) is 0 Å². The SMILES string of the molecule is O=C(O)C(Cc1ccccc1)Sc1cnccn1. The van der Waals surface area contributed by atoms with Gasteiger partial charge >= 0.3 is 5.97 Å². The fourth-order valence-corrected chi connectivity index (χ4v) is 2.41. The van der Waals surface area contributed by atoms with Gasteiger partial charge in [-0.25, -0.2) is 4.98 Å². The Morgan fingerprint density at radius 1 is 1.28 bits per heavy atom. The van der Waals surface area contributed by atoms with Crippen LogP contribution in [-0.4, -0.2) is 26.3 Å². The molecule has 1 unspecified atom stereocenters. The lowest BCUT2D eigenvalue weighted by molar-refractivity contribution is -0.136. The molecule has 0 bridgehead atoms. The van der Waals surface area contributed by atoms with Crippen LogP contribution in [0, 0.1) is 0 Å². The maximum Gasteiger partial charge on any atom is 0.317 e. The maximum atomic E-state index is 11.2. The molecule has 0 saturated heterocycles. The first-order valence-corrected chi connectivity index (χ1v) is 6.33. The summed E-state index contributed by atoms with van der Waals surface area (Å²) in [5, 5.41) is 9.30. The third-order valence-corrected chi connectivity index (χ3v) is 3.45. The summed E-state index contributed by atoms with van der Waals surface area (Å²) < 4.78 is 0. The number of rotatable bonds is 5. The highest BCUT2D eigenvalue weighted by Gasteiger charge is 2.20. The topological polar surface area (TPSA) is 63.1 Å². The number of carbonyl (C=O) groups is 1. The molecule has 0 aliphatic carbocycles. The van der Waals surface area contributed by atoms with Crippen LogP contribution in [0.15, 0.2) is 53.9 Å². The summed E-state index contributed by atoms with van der Waals surface area (Å²) in [7, 11) is 0. The fraction of sp³-hybridized carbons (Fsp3) is 0.154. The third-order valence-electron chi connectivity index (χ3n) is 2.34. The molecule has 4 nitrogen and oxygen atoms in total. The van der Waals surface area contributed by atoms with Gasteiger partial charge in [0.1, 0.15) is 10.3 Å². The lowest BCUT2D eigenvalue weighted by Crippen LogP contribution is -2.19. The molecule has 0 radical (unpaired) electrons. The zero-order valence-corrected chi connectivity index (χ0v) is 10.4. The number of benzene rings is 1. The molecule has 2 rings (SSSR count). The number of nitrogens with zero attached hydrogens (tertiary/aromatic N) is 2. The summed E-state index contributed by atoms with van der Waals surface area (Å²) >= 11 is 1.22. The van der Waals surface area contributed by atoms with Gasteiger partial charge in [0, 0.05) is 12.4 Å². The van der Waals surface area contributed by atoms with Crippen LogP contribution in [0.1, 0.15) is 5.56 Å². The number of carboxylic acid groups (broad SMARTS) is 1. The predicted molar refractivity (Wildman–Crippen MR) is 69.5 cm³/mol. The van der Waals surface area contributed by atoms with Crippen molar-refractivity contribution in [3.05, 3.63) is 54.5 Å². The normalized spacial score (nSPS) is 12.0. The Morgan fingerprint density at radius 3 is 2.67 bits per heavy atom. The van der Waals surface area contributed by atoms with Crippen LogP contribution in [0.5, 0.6) is 0 Å². The molecule has 1 N–H and O–H groups in total. The second kappa shape index (κ2) is 6.16. The lowest BCUT2D eigenvalue weighted by atomic mass is 10.1. The third kappa shape index (κ3) is 3.56. The van der Waals surface area contributed by atoms with E-state index in [4.69, 9.17) is 0 Å². The van der Waals surface area contributed by atoms with Gasteiger partial charge in [-0.2, -0.15) is 0 Å². The minimum Gasteiger partial charge on any atom is -0.480 e. The predicted octanol–water partition coefficient (Wildman–Crippen LogP) is 2.26. The molecule has 0 aliphatic heterocycles. The second-order valence-corrected chi connectivity index (χ2v) is 4.90. The summed E-state index contributed by atoms with van der Waals surface area (Å²) in [6.45, 7) is 0. The van der Waals surface area contributed by atoms with Crippen LogP contribution in [0.25, 0.3) is 0 Å². The molecule has 1 aromatic carbocycles. The highest BCUT2D eigenvalue weighted by atomic mass is 32.2. The standard InChI is InChI=1S/C13H12N2O2S/c16-13(17)11(8-10-4-2-1-3-5-10)18-12-9-14-6-7-15-12/h1-7,9,11H,8H2,(H,16,17). The van der Waals surface area contributed by atoms with Gasteiger partial charge in [-0.1, -0.05) is 42.1 Å². The Kier molecular flexibility index (Phi) is 4.30. The highest BCUT2D eigenvalue weighted by molar-refractivity contribution is 8.00. The van der Waals surface area contributed by atoms with E-state index >= 15 is 0 Å². The number of hydrogen-bond acceptors (Lipinski definition) is 4. The van der Waals surface area contributed by atoms with Crippen molar-refractivity contribution in [2.75, 3.05) is 0 Å². The van der Waals surface area contributed by atoms with Gasteiger partial charge in [-0.3, -0.25) is 9.78 Å². The largest absolute Gasteiger partial charge is 0.480 e. The smallest absolute Gasteiger partial charge is 0.317 e. The molecule has 0 saturated carbocycles. The van der Waals surface area contributed by atoms with Gasteiger partial charge in [0.15, 0.2) is 0 Å². The van der Waals surface area contributed by atoms with Crippen LogP contribution in [0.3, 0.4) is 0 Å². The van der Waals surface area contributed by atoms with Crippen LogP contribution in [-0.2, 0) is 11.2 Å². The molecule has 2 aromatic rings. The van der Waals surface area contributed by atoms with Crippen molar-refractivity contribution >= 4 is 17.7 Å². The first-order valence-electron chi connectivity index (χ1n) is 5.45. The second-order valence-electron chi connectivity index (χ2n) is 3.68. The molecule has 18 heavy (non-hydrogen) atoms. The molecule has 5 heteroatoms. The van der Waals surface area contributed by atoms with Crippen LogP contribution in [0.4, 0.5) is 0 Å². The number of carboxylic acids is 1. The Labute approximate surface area is 109 Å². The summed E-state index contributed by atoms with van der Waals surface area (Å²) in [4.78, 5) is 19.2. The lowest BCUT2D eigenvalue weighted by Gasteiger charge is -2.11. The quantitative estimate of drug-likeness (QED) is 0.835. The van der Waals surface area contributed by atoms with E-state index in [1.165, 1.54) is 11.8 Å². The molecule has 0 amide bonds. The molecule has 92 valence electrons. The monoisotopic (exact) mass is 260 g/mol. The van der Waals surface area contributed by atoms with Gasteiger partial charge in [-0.15, -0.1) is 0 Å². The van der Waals surface area contributed by atoms with E-state index in [0.29, 0.717) is 11.4 Å². The molecule has 1 heterocycles. The molecule has 1 aromatic heterocycles. The molecule has 0 aliphatic rings. The zero-order valence-electron chi connectivity index (χ0n) is 9.56. The van der Waals surface area contributed by atoms with Crippen molar-refractivity contribution in [3.63, 3.8) is 0 Å². The number of aliphatic carboxylic acids is 1. The Bertz CT molecular complexity index is 463. The zero-order chi connectivity index (χ0) is 12.8. The van der Waals surface area contributed by atoms with Gasteiger partial charge in [0.2, 0.25) is 0 Å². The minimum absolute atomic E-state index is 0.470. The molecule has 0 fully saturated rings. The average molecular weight is 260 g/mol. The van der Waals surface area contributed by atoms with E-state index < -0.39 is 11.2 Å². The number of aromatic nitrogens is 2. The summed E-state index contributed by atoms with van der Waals surface area (Å²) in [6, 6.07) is 9.57. The molecular weight excluding hydrogens is 248 g/mol. The van der Waals surface area contributed by atoms with E-state index in [0.717, 1.165) is 5.56 Å². The van der Waals surface area contributed by atoms with Crippen LogP contribution < -0.4 is 0 Å². The van der Waals surface area contributed by atoms with E-state index in [1.54, 1.807) is 18.6 Å². The van der Waals surface area contributed by atoms with Gasteiger partial charge in [0.05, 0.1) is 6.20 Å². The fourth-order valence-electron chi connectivity index (χ4n) is 1.50. The van der Waals surface area contributed by atoms with Crippen molar-refractivity contribution in [2.45, 2.75) is 16.7 Å². The molecule has 0 spiro atoms. The average Bonchev–Trinajstić information content (AvgIpc) is 2.40. The minimum atomic E-state index is -0.838. The summed E-state index contributed by atoms with van der Waals surface area (Å²) in [6.07, 6.45) is 5.17. The van der Waals surface area contributed by atoms with E-state index in [2.05, 4.69) is 9.97 Å². The molecule has 1 atom stereocenters. The first kappa shape index (κ1) is 12.6. The van der Waals surface area contributed by atoms with Crippen molar-refractivity contribution in [2.24, 2.45) is 0 Å². The van der Waals surface area contributed by atoms with Crippen molar-refractivity contribution in [1.29, 1.82) is 0 Å². The first-order chi connectivity index (χ1) is 8.75. The highest BCUT2D eigenvalue weighted by Crippen LogP contribution is 2.23. The van der Waals surface area contributed by atoms with E-state index in [-0.39, 0.29) is 0 Å². The Hall–Kier alpha value is -1.88. The van der Waals surface area contributed by atoms with Crippen molar-refractivity contribution in [3.8, 4) is 0 Å².